The molecular weight excluding hydrogens is 348 g/mol. The second-order valence-corrected chi connectivity index (χ2v) is 7.67. The molecule has 0 unspecified atom stereocenters. The summed E-state index contributed by atoms with van der Waals surface area (Å²) in [5, 5.41) is 3.00. The Morgan fingerprint density at radius 2 is 1.64 bits per heavy atom. The van der Waals surface area contributed by atoms with Gasteiger partial charge in [-0.05, 0) is 36.0 Å². The molecule has 2 aromatic rings. The molecule has 0 aliphatic carbocycles. The highest BCUT2D eigenvalue weighted by atomic mass is 16.2. The van der Waals surface area contributed by atoms with Gasteiger partial charge in [-0.15, -0.1) is 0 Å². The van der Waals surface area contributed by atoms with Gasteiger partial charge >= 0.3 is 0 Å². The van der Waals surface area contributed by atoms with Crippen LogP contribution in [0.3, 0.4) is 0 Å². The monoisotopic (exact) mass is 380 g/mol. The first-order valence-electron chi connectivity index (χ1n) is 10.1. The van der Waals surface area contributed by atoms with Gasteiger partial charge < -0.3 is 10.2 Å². The Morgan fingerprint density at radius 1 is 1.00 bits per heavy atom. The molecule has 0 heterocycles. The molecule has 4 heteroatoms. The van der Waals surface area contributed by atoms with Gasteiger partial charge in [0.25, 0.3) is 0 Å². The number of carbonyl (C=O) groups excluding carboxylic acids is 2. The Bertz CT molecular complexity index is 771. The fraction of sp³-hybridized carbons (Fsp3) is 0.417. The third kappa shape index (κ3) is 6.22. The number of hydrogen-bond donors (Lipinski definition) is 1. The predicted octanol–water partition coefficient (Wildman–Crippen LogP) is 4.12. The maximum atomic E-state index is 13.2. The summed E-state index contributed by atoms with van der Waals surface area (Å²) in [5.74, 6) is 0.262. The van der Waals surface area contributed by atoms with E-state index in [9.17, 15) is 9.59 Å². The first-order chi connectivity index (χ1) is 13.4. The van der Waals surface area contributed by atoms with Crippen molar-refractivity contribution in [2.75, 3.05) is 6.54 Å². The predicted molar refractivity (Wildman–Crippen MR) is 114 cm³/mol. The van der Waals surface area contributed by atoms with Crippen molar-refractivity contribution >= 4 is 11.8 Å². The lowest BCUT2D eigenvalue weighted by Crippen LogP contribution is -2.50. The van der Waals surface area contributed by atoms with E-state index in [-0.39, 0.29) is 11.8 Å². The molecule has 0 aliphatic heterocycles. The fourth-order valence-electron chi connectivity index (χ4n) is 3.19. The molecule has 0 bridgehead atoms. The van der Waals surface area contributed by atoms with E-state index in [0.29, 0.717) is 31.8 Å². The second-order valence-electron chi connectivity index (χ2n) is 7.67. The minimum absolute atomic E-state index is 0.0269. The Balaban J connectivity index is 2.26. The van der Waals surface area contributed by atoms with E-state index >= 15 is 0 Å². The number of hydrogen-bond acceptors (Lipinski definition) is 2. The highest BCUT2D eigenvalue weighted by molar-refractivity contribution is 5.88. The van der Waals surface area contributed by atoms with Crippen LogP contribution < -0.4 is 5.32 Å². The van der Waals surface area contributed by atoms with Crippen molar-refractivity contribution in [3.05, 3.63) is 71.3 Å². The van der Waals surface area contributed by atoms with Gasteiger partial charge in [-0.1, -0.05) is 75.4 Å². The summed E-state index contributed by atoms with van der Waals surface area (Å²) in [5.41, 5.74) is 3.15. The van der Waals surface area contributed by atoms with E-state index < -0.39 is 6.04 Å². The largest absolute Gasteiger partial charge is 0.354 e. The van der Waals surface area contributed by atoms with Crippen LogP contribution >= 0.6 is 0 Å². The van der Waals surface area contributed by atoms with Crippen LogP contribution in [0.4, 0.5) is 0 Å². The summed E-state index contributed by atoms with van der Waals surface area (Å²) < 4.78 is 0. The highest BCUT2D eigenvalue weighted by Gasteiger charge is 2.28. The van der Waals surface area contributed by atoms with E-state index in [1.807, 2.05) is 68.4 Å². The molecule has 2 rings (SSSR count). The van der Waals surface area contributed by atoms with E-state index in [2.05, 4.69) is 19.2 Å². The molecule has 4 nitrogen and oxygen atoms in total. The van der Waals surface area contributed by atoms with Gasteiger partial charge in [0.15, 0.2) is 0 Å². The molecule has 0 radical (unpaired) electrons. The number of nitrogens with one attached hydrogen (secondary N) is 1. The molecular formula is C24H32N2O2. The standard InChI is InChI=1S/C24H32N2O2/c1-5-22(24(28)25-16-18(2)3)26(17-21-14-10-9-11-19(21)4)23(27)15-20-12-7-6-8-13-20/h6-14,18,22H,5,15-17H2,1-4H3,(H,25,28)/t22-/m0/s1. The van der Waals surface area contributed by atoms with Crippen molar-refractivity contribution in [2.45, 2.75) is 53.1 Å². The molecule has 0 saturated carbocycles. The van der Waals surface area contributed by atoms with Crippen LogP contribution in [0.15, 0.2) is 54.6 Å². The summed E-state index contributed by atoms with van der Waals surface area (Å²) >= 11 is 0. The topological polar surface area (TPSA) is 49.4 Å². The highest BCUT2D eigenvalue weighted by Crippen LogP contribution is 2.17. The summed E-state index contributed by atoms with van der Waals surface area (Å²) in [7, 11) is 0. The Labute approximate surface area is 169 Å². The minimum atomic E-state index is -0.477. The SMILES string of the molecule is CC[C@@H](C(=O)NCC(C)C)N(Cc1ccccc1C)C(=O)Cc1ccccc1. The average Bonchev–Trinajstić information content (AvgIpc) is 2.68. The van der Waals surface area contributed by atoms with Crippen molar-refractivity contribution in [2.24, 2.45) is 5.92 Å². The van der Waals surface area contributed by atoms with Crippen LogP contribution in [0, 0.1) is 12.8 Å². The first kappa shape index (κ1) is 21.7. The van der Waals surface area contributed by atoms with Crippen molar-refractivity contribution in [3.63, 3.8) is 0 Å². The molecule has 2 amide bonds. The van der Waals surface area contributed by atoms with Crippen LogP contribution in [-0.2, 0) is 22.6 Å². The maximum absolute atomic E-state index is 13.2. The van der Waals surface area contributed by atoms with Gasteiger partial charge in [0.2, 0.25) is 11.8 Å². The van der Waals surface area contributed by atoms with E-state index in [1.54, 1.807) is 4.90 Å². The zero-order chi connectivity index (χ0) is 20.5. The van der Waals surface area contributed by atoms with Crippen molar-refractivity contribution < 1.29 is 9.59 Å². The molecule has 0 aliphatic rings. The average molecular weight is 381 g/mol. The summed E-state index contributed by atoms with van der Waals surface area (Å²) in [6.07, 6.45) is 0.872. The Kier molecular flexibility index (Phi) is 8.24. The van der Waals surface area contributed by atoms with Gasteiger partial charge in [-0.2, -0.15) is 0 Å². The zero-order valence-corrected chi connectivity index (χ0v) is 17.4. The second kappa shape index (κ2) is 10.6. The van der Waals surface area contributed by atoms with Gasteiger partial charge in [0.05, 0.1) is 6.42 Å². The van der Waals surface area contributed by atoms with Crippen molar-refractivity contribution in [3.8, 4) is 0 Å². The molecule has 2 aromatic carbocycles. The van der Waals surface area contributed by atoms with Gasteiger partial charge in [-0.25, -0.2) is 0 Å². The van der Waals surface area contributed by atoms with Gasteiger partial charge in [0.1, 0.15) is 6.04 Å². The van der Waals surface area contributed by atoms with Crippen LogP contribution in [0.5, 0.6) is 0 Å². The Hall–Kier alpha value is -2.62. The summed E-state index contributed by atoms with van der Waals surface area (Å²) in [6, 6.07) is 17.2. The lowest BCUT2D eigenvalue weighted by atomic mass is 10.0. The van der Waals surface area contributed by atoms with Crippen molar-refractivity contribution in [1.29, 1.82) is 0 Å². The minimum Gasteiger partial charge on any atom is -0.354 e. The van der Waals surface area contributed by atoms with E-state index in [1.165, 1.54) is 0 Å². The Morgan fingerprint density at radius 3 is 2.25 bits per heavy atom. The van der Waals surface area contributed by atoms with Gasteiger partial charge in [0, 0.05) is 13.1 Å². The number of rotatable bonds is 9. The summed E-state index contributed by atoms with van der Waals surface area (Å²) in [4.78, 5) is 27.8. The lowest BCUT2D eigenvalue weighted by molar-refractivity contribution is -0.141. The normalized spacial score (nSPS) is 11.9. The number of nitrogens with zero attached hydrogens (tertiary/aromatic N) is 1. The molecule has 150 valence electrons. The smallest absolute Gasteiger partial charge is 0.242 e. The third-order valence-electron chi connectivity index (χ3n) is 4.87. The lowest BCUT2D eigenvalue weighted by Gasteiger charge is -2.31. The number of amides is 2. The van der Waals surface area contributed by atoms with Crippen molar-refractivity contribution in [1.82, 2.24) is 10.2 Å². The molecule has 0 fully saturated rings. The van der Waals surface area contributed by atoms with E-state index in [4.69, 9.17) is 0 Å². The van der Waals surface area contributed by atoms with Crippen LogP contribution in [-0.4, -0.2) is 29.3 Å². The number of aryl methyl sites for hydroxylation is 1. The van der Waals surface area contributed by atoms with E-state index in [0.717, 1.165) is 16.7 Å². The van der Waals surface area contributed by atoms with Crippen LogP contribution in [0.1, 0.15) is 43.9 Å². The third-order valence-corrected chi connectivity index (χ3v) is 4.87. The molecule has 28 heavy (non-hydrogen) atoms. The molecule has 1 N–H and O–H groups in total. The van der Waals surface area contributed by atoms with Crippen LogP contribution in [0.2, 0.25) is 0 Å². The van der Waals surface area contributed by atoms with Gasteiger partial charge in [-0.3, -0.25) is 9.59 Å². The maximum Gasteiger partial charge on any atom is 0.242 e. The summed E-state index contributed by atoms with van der Waals surface area (Å²) in [6.45, 7) is 9.17. The first-order valence-corrected chi connectivity index (χ1v) is 10.1. The van der Waals surface area contributed by atoms with Crippen LogP contribution in [0.25, 0.3) is 0 Å². The zero-order valence-electron chi connectivity index (χ0n) is 17.4. The number of carbonyl (C=O) groups is 2. The molecule has 0 aromatic heterocycles. The number of benzene rings is 2. The molecule has 0 spiro atoms. The fourth-order valence-corrected chi connectivity index (χ4v) is 3.19. The molecule has 1 atom stereocenters. The quantitative estimate of drug-likeness (QED) is 0.711. The molecule has 0 saturated heterocycles.